The highest BCUT2D eigenvalue weighted by Gasteiger charge is 2.20. The fourth-order valence-corrected chi connectivity index (χ4v) is 3.76. The highest BCUT2D eigenvalue weighted by Crippen LogP contribution is 2.29. The minimum absolute atomic E-state index is 0. The Labute approximate surface area is 182 Å². The first-order valence-electron chi connectivity index (χ1n) is 9.29. The van der Waals surface area contributed by atoms with Crippen LogP contribution >= 0.6 is 24.0 Å². The fourth-order valence-electron chi connectivity index (χ4n) is 3.76. The van der Waals surface area contributed by atoms with Gasteiger partial charge >= 0.3 is 0 Å². The molecule has 0 bridgehead atoms. The predicted octanol–water partition coefficient (Wildman–Crippen LogP) is 3.49. The van der Waals surface area contributed by atoms with Crippen LogP contribution in [0.4, 0.5) is 4.39 Å². The number of fused-ring (bicyclic) bond motifs is 2. The van der Waals surface area contributed by atoms with Gasteiger partial charge in [0.25, 0.3) is 0 Å². The van der Waals surface area contributed by atoms with Gasteiger partial charge in [0.2, 0.25) is 0 Å². The second-order valence-electron chi connectivity index (χ2n) is 6.83. The van der Waals surface area contributed by atoms with Crippen LogP contribution < -0.4 is 10.1 Å². The molecule has 0 fully saturated rings. The number of halogens is 2. The number of guanidine groups is 1. The summed E-state index contributed by atoms with van der Waals surface area (Å²) >= 11 is 0. The summed E-state index contributed by atoms with van der Waals surface area (Å²) in [7, 11) is 1.80. The third kappa shape index (κ3) is 4.57. The van der Waals surface area contributed by atoms with Crippen LogP contribution in [-0.4, -0.2) is 37.8 Å². The molecule has 2 aliphatic heterocycles. The average Bonchev–Trinajstić information content (AvgIpc) is 2.70. The third-order valence-corrected chi connectivity index (χ3v) is 5.07. The van der Waals surface area contributed by atoms with E-state index in [4.69, 9.17) is 9.47 Å². The van der Waals surface area contributed by atoms with Crippen molar-refractivity contribution in [1.82, 2.24) is 10.2 Å². The molecule has 1 N–H and O–H groups in total. The number of rotatable bonds is 3. The van der Waals surface area contributed by atoms with E-state index in [9.17, 15) is 4.39 Å². The van der Waals surface area contributed by atoms with E-state index in [1.54, 1.807) is 13.1 Å². The summed E-state index contributed by atoms with van der Waals surface area (Å²) in [6.45, 7) is 3.05. The van der Waals surface area contributed by atoms with E-state index in [0.29, 0.717) is 19.6 Å². The second-order valence-corrected chi connectivity index (χ2v) is 6.83. The van der Waals surface area contributed by atoms with Crippen molar-refractivity contribution in [3.63, 3.8) is 0 Å². The van der Waals surface area contributed by atoms with Crippen molar-refractivity contribution in [2.75, 3.05) is 26.9 Å². The van der Waals surface area contributed by atoms with Crippen LogP contribution in [0.5, 0.6) is 5.75 Å². The molecule has 2 heterocycles. The number of benzene rings is 2. The fraction of sp³-hybridized carbons (Fsp3) is 0.381. The molecule has 5 nitrogen and oxygen atoms in total. The zero-order valence-corrected chi connectivity index (χ0v) is 18.2. The Morgan fingerprint density at radius 1 is 1.21 bits per heavy atom. The smallest absolute Gasteiger partial charge is 0.193 e. The average molecular weight is 497 g/mol. The van der Waals surface area contributed by atoms with Gasteiger partial charge in [-0.1, -0.05) is 24.3 Å². The van der Waals surface area contributed by atoms with Gasteiger partial charge in [-0.25, -0.2) is 4.39 Å². The molecule has 2 aromatic rings. The van der Waals surface area contributed by atoms with Crippen LogP contribution in [0.3, 0.4) is 0 Å². The number of hydrogen-bond donors (Lipinski definition) is 1. The van der Waals surface area contributed by atoms with E-state index >= 15 is 0 Å². The highest BCUT2D eigenvalue weighted by atomic mass is 127. The predicted molar refractivity (Wildman–Crippen MR) is 118 cm³/mol. The minimum atomic E-state index is -0.255. The molecule has 7 heteroatoms. The van der Waals surface area contributed by atoms with Crippen LogP contribution in [0.15, 0.2) is 41.4 Å². The van der Waals surface area contributed by atoms with Gasteiger partial charge in [-0.2, -0.15) is 0 Å². The van der Waals surface area contributed by atoms with Crippen LogP contribution in [0.25, 0.3) is 0 Å². The number of nitrogens with one attached hydrogen (secondary N) is 1. The molecule has 0 atom stereocenters. The molecule has 28 heavy (non-hydrogen) atoms. The van der Waals surface area contributed by atoms with Crippen molar-refractivity contribution in [2.45, 2.75) is 26.0 Å². The Balaban J connectivity index is 0.00000225. The third-order valence-electron chi connectivity index (χ3n) is 5.07. The van der Waals surface area contributed by atoms with Crippen molar-refractivity contribution >= 4 is 29.9 Å². The largest absolute Gasteiger partial charge is 0.467 e. The molecule has 0 spiro atoms. The molecule has 0 aromatic heterocycles. The van der Waals surface area contributed by atoms with E-state index in [2.05, 4.69) is 39.5 Å². The van der Waals surface area contributed by atoms with Crippen molar-refractivity contribution in [3.8, 4) is 5.75 Å². The van der Waals surface area contributed by atoms with E-state index in [0.717, 1.165) is 42.3 Å². The Morgan fingerprint density at radius 3 is 2.86 bits per heavy atom. The van der Waals surface area contributed by atoms with Crippen molar-refractivity contribution in [3.05, 3.63) is 64.5 Å². The highest BCUT2D eigenvalue weighted by molar-refractivity contribution is 14.0. The van der Waals surface area contributed by atoms with Gasteiger partial charge in [-0.3, -0.25) is 4.99 Å². The van der Waals surface area contributed by atoms with Crippen LogP contribution in [0, 0.1) is 5.82 Å². The van der Waals surface area contributed by atoms with Gasteiger partial charge in [0.15, 0.2) is 12.8 Å². The van der Waals surface area contributed by atoms with E-state index in [1.165, 1.54) is 17.2 Å². The van der Waals surface area contributed by atoms with Crippen LogP contribution in [0.2, 0.25) is 0 Å². The van der Waals surface area contributed by atoms with Crippen LogP contribution in [0.1, 0.15) is 22.3 Å². The first-order chi connectivity index (χ1) is 13.2. The zero-order chi connectivity index (χ0) is 18.6. The molecule has 0 unspecified atom stereocenters. The van der Waals surface area contributed by atoms with Crippen molar-refractivity contribution in [2.24, 2.45) is 4.99 Å². The molecule has 2 aromatic carbocycles. The molecule has 150 valence electrons. The van der Waals surface area contributed by atoms with E-state index < -0.39 is 0 Å². The molecule has 0 aliphatic carbocycles. The standard InChI is InChI=1S/C21H24FN3O2.HI/c1-23-21(25-9-7-15-4-2-3-5-17(15)12-25)24-8-6-16-10-19(22)11-18-13-26-14-27-20(16)18;/h2-5,10-11H,6-9,12-14H2,1H3,(H,23,24);1H. The minimum Gasteiger partial charge on any atom is -0.467 e. The maximum atomic E-state index is 13.9. The van der Waals surface area contributed by atoms with Crippen molar-refractivity contribution in [1.29, 1.82) is 0 Å². The Bertz CT molecular complexity index is 860. The Kier molecular flexibility index (Phi) is 7.12. The lowest BCUT2D eigenvalue weighted by atomic mass is 10.0. The summed E-state index contributed by atoms with van der Waals surface area (Å²) in [5.74, 6) is 1.38. The summed E-state index contributed by atoms with van der Waals surface area (Å²) in [5, 5.41) is 3.41. The van der Waals surface area contributed by atoms with Gasteiger partial charge in [0.1, 0.15) is 11.6 Å². The Hall–Kier alpha value is -1.87. The summed E-state index contributed by atoms with van der Waals surface area (Å²) in [6, 6.07) is 11.6. The van der Waals surface area contributed by atoms with Crippen LogP contribution in [-0.2, 0) is 30.7 Å². The number of hydrogen-bond acceptors (Lipinski definition) is 3. The SMILES string of the molecule is CN=C(NCCc1cc(F)cc2c1OCOC2)N1CCc2ccccc2C1.I. The first-order valence-corrected chi connectivity index (χ1v) is 9.29. The molecule has 0 radical (unpaired) electrons. The molecule has 4 rings (SSSR count). The lowest BCUT2D eigenvalue weighted by Gasteiger charge is -2.31. The molecular weight excluding hydrogens is 472 g/mol. The molecule has 2 aliphatic rings. The quantitative estimate of drug-likeness (QED) is 0.401. The van der Waals surface area contributed by atoms with Crippen molar-refractivity contribution < 1.29 is 13.9 Å². The van der Waals surface area contributed by atoms with Gasteiger partial charge in [0.05, 0.1) is 6.61 Å². The number of aliphatic imine (C=N–C) groups is 1. The maximum absolute atomic E-state index is 13.9. The van der Waals surface area contributed by atoms with Gasteiger partial charge < -0.3 is 19.7 Å². The summed E-state index contributed by atoms with van der Waals surface area (Å²) < 4.78 is 24.7. The molecule has 0 amide bonds. The molecular formula is C21H25FIN3O2. The van der Waals surface area contributed by atoms with Gasteiger partial charge in [-0.15, -0.1) is 24.0 Å². The molecule has 0 saturated carbocycles. The number of nitrogens with zero attached hydrogens (tertiary/aromatic N) is 2. The topological polar surface area (TPSA) is 46.1 Å². The van der Waals surface area contributed by atoms with E-state index in [1.807, 2.05) is 0 Å². The lowest BCUT2D eigenvalue weighted by Crippen LogP contribution is -2.44. The summed E-state index contributed by atoms with van der Waals surface area (Å²) in [6.07, 6.45) is 1.67. The summed E-state index contributed by atoms with van der Waals surface area (Å²) in [5.41, 5.74) is 4.39. The number of ether oxygens (including phenoxy) is 2. The molecule has 0 saturated heterocycles. The van der Waals surface area contributed by atoms with Gasteiger partial charge in [0, 0.05) is 32.2 Å². The maximum Gasteiger partial charge on any atom is 0.193 e. The van der Waals surface area contributed by atoms with E-state index in [-0.39, 0.29) is 36.6 Å². The monoisotopic (exact) mass is 497 g/mol. The lowest BCUT2D eigenvalue weighted by molar-refractivity contribution is -0.0172. The summed E-state index contributed by atoms with van der Waals surface area (Å²) in [4.78, 5) is 6.68. The second kappa shape index (κ2) is 9.56. The van der Waals surface area contributed by atoms with Gasteiger partial charge in [-0.05, 0) is 41.7 Å². The zero-order valence-electron chi connectivity index (χ0n) is 15.9. The first kappa shape index (κ1) is 20.9. The normalized spacial score (nSPS) is 15.8. The Morgan fingerprint density at radius 2 is 2.04 bits per heavy atom.